The first-order valence-electron chi connectivity index (χ1n) is 4.97. The van der Waals surface area contributed by atoms with Crippen LogP contribution in [0.3, 0.4) is 0 Å². The van der Waals surface area contributed by atoms with Gasteiger partial charge in [-0.05, 0) is 28.4 Å². The molecule has 2 N–H and O–H groups in total. The summed E-state index contributed by atoms with van der Waals surface area (Å²) in [6, 6.07) is 1.92. The van der Waals surface area contributed by atoms with E-state index in [1.165, 1.54) is 0 Å². The fourth-order valence-corrected chi connectivity index (χ4v) is 2.45. The van der Waals surface area contributed by atoms with Crippen LogP contribution < -0.4 is 10.6 Å². The molecule has 1 heterocycles. The second kappa shape index (κ2) is 6.85. The Morgan fingerprint density at radius 1 is 1.53 bits per heavy atom. The Labute approximate surface area is 102 Å². The number of rotatable bonds is 5. The standard InChI is InChI=1S/C10H15BrN2OS/c1-2-3-4-12-10(14)13-6-9-5-8(11)7-15-9/h5,7H,2-4,6H2,1H3,(H2,12,13,14). The third-order valence-corrected chi connectivity index (χ3v) is 3.56. The van der Waals surface area contributed by atoms with Gasteiger partial charge in [0.1, 0.15) is 0 Å². The largest absolute Gasteiger partial charge is 0.338 e. The number of hydrogen-bond acceptors (Lipinski definition) is 2. The van der Waals surface area contributed by atoms with Crippen LogP contribution in [0.2, 0.25) is 0 Å². The molecule has 2 amide bonds. The second-order valence-electron chi connectivity index (χ2n) is 3.19. The second-order valence-corrected chi connectivity index (χ2v) is 5.11. The number of amides is 2. The topological polar surface area (TPSA) is 41.1 Å². The maximum atomic E-state index is 11.3. The summed E-state index contributed by atoms with van der Waals surface area (Å²) in [5, 5.41) is 7.62. The highest BCUT2D eigenvalue weighted by Crippen LogP contribution is 2.19. The smallest absolute Gasteiger partial charge is 0.315 e. The predicted octanol–water partition coefficient (Wildman–Crippen LogP) is 3.11. The van der Waals surface area contributed by atoms with Gasteiger partial charge in [-0.3, -0.25) is 0 Å². The lowest BCUT2D eigenvalue weighted by Gasteiger charge is -2.05. The lowest BCUT2D eigenvalue weighted by atomic mass is 10.3. The van der Waals surface area contributed by atoms with Crippen molar-refractivity contribution in [1.82, 2.24) is 10.6 Å². The van der Waals surface area contributed by atoms with E-state index < -0.39 is 0 Å². The third-order valence-electron chi connectivity index (χ3n) is 1.86. The van der Waals surface area contributed by atoms with Gasteiger partial charge in [-0.1, -0.05) is 13.3 Å². The van der Waals surface area contributed by atoms with Gasteiger partial charge in [0, 0.05) is 21.3 Å². The van der Waals surface area contributed by atoms with Crippen molar-refractivity contribution in [3.63, 3.8) is 0 Å². The average molecular weight is 291 g/mol. The van der Waals surface area contributed by atoms with Crippen LogP contribution in [0.25, 0.3) is 0 Å². The van der Waals surface area contributed by atoms with Gasteiger partial charge in [0.25, 0.3) is 0 Å². The number of nitrogens with one attached hydrogen (secondary N) is 2. The molecule has 3 nitrogen and oxygen atoms in total. The van der Waals surface area contributed by atoms with Gasteiger partial charge < -0.3 is 10.6 Å². The van der Waals surface area contributed by atoms with E-state index in [1.54, 1.807) is 11.3 Å². The van der Waals surface area contributed by atoms with E-state index in [-0.39, 0.29) is 6.03 Å². The maximum Gasteiger partial charge on any atom is 0.315 e. The van der Waals surface area contributed by atoms with Crippen molar-refractivity contribution < 1.29 is 4.79 Å². The molecule has 1 aromatic heterocycles. The van der Waals surface area contributed by atoms with Gasteiger partial charge in [-0.15, -0.1) is 11.3 Å². The normalized spacial score (nSPS) is 10.0. The minimum Gasteiger partial charge on any atom is -0.338 e. The lowest BCUT2D eigenvalue weighted by Crippen LogP contribution is -2.35. The fourth-order valence-electron chi connectivity index (χ4n) is 1.06. The minimum atomic E-state index is -0.0898. The van der Waals surface area contributed by atoms with Gasteiger partial charge >= 0.3 is 6.03 Å². The molecule has 5 heteroatoms. The molecule has 1 aromatic rings. The van der Waals surface area contributed by atoms with Gasteiger partial charge in [-0.25, -0.2) is 4.79 Å². The van der Waals surface area contributed by atoms with Crippen LogP contribution in [0, 0.1) is 0 Å². The summed E-state index contributed by atoms with van der Waals surface area (Å²) in [7, 11) is 0. The molecule has 0 saturated carbocycles. The predicted molar refractivity (Wildman–Crippen MR) is 67.2 cm³/mol. The molecule has 84 valence electrons. The highest BCUT2D eigenvalue weighted by Gasteiger charge is 2.01. The summed E-state index contributed by atoms with van der Waals surface area (Å²) >= 11 is 5.00. The first kappa shape index (κ1) is 12.5. The lowest BCUT2D eigenvalue weighted by molar-refractivity contribution is 0.240. The van der Waals surface area contributed by atoms with Crippen molar-refractivity contribution in [3.05, 3.63) is 20.8 Å². The van der Waals surface area contributed by atoms with E-state index in [0.29, 0.717) is 6.54 Å². The van der Waals surface area contributed by atoms with E-state index in [1.807, 2.05) is 11.4 Å². The molecule has 0 aliphatic rings. The Hall–Kier alpha value is -0.550. The van der Waals surface area contributed by atoms with Crippen molar-refractivity contribution in [1.29, 1.82) is 0 Å². The highest BCUT2D eigenvalue weighted by atomic mass is 79.9. The number of unbranched alkanes of at least 4 members (excludes halogenated alkanes) is 1. The zero-order valence-electron chi connectivity index (χ0n) is 8.68. The maximum absolute atomic E-state index is 11.3. The van der Waals surface area contributed by atoms with Crippen LogP contribution in [0.4, 0.5) is 4.79 Å². The van der Waals surface area contributed by atoms with Crippen molar-refractivity contribution in [2.75, 3.05) is 6.54 Å². The molecule has 0 fully saturated rings. The fraction of sp³-hybridized carbons (Fsp3) is 0.500. The Kier molecular flexibility index (Phi) is 5.71. The van der Waals surface area contributed by atoms with E-state index in [9.17, 15) is 4.79 Å². The van der Waals surface area contributed by atoms with Crippen LogP contribution in [0.15, 0.2) is 15.9 Å². The van der Waals surface area contributed by atoms with Crippen molar-refractivity contribution >= 4 is 33.3 Å². The summed E-state index contributed by atoms with van der Waals surface area (Å²) < 4.78 is 1.07. The van der Waals surface area contributed by atoms with Crippen molar-refractivity contribution in [2.45, 2.75) is 26.3 Å². The van der Waals surface area contributed by atoms with Gasteiger partial charge in [0.15, 0.2) is 0 Å². The molecule has 0 radical (unpaired) electrons. The molecule has 0 spiro atoms. The number of urea groups is 1. The van der Waals surface area contributed by atoms with Crippen LogP contribution >= 0.6 is 27.3 Å². The van der Waals surface area contributed by atoms with Crippen LogP contribution in [0.1, 0.15) is 24.6 Å². The molecule has 0 aromatic carbocycles. The Morgan fingerprint density at radius 2 is 2.33 bits per heavy atom. The summed E-state index contributed by atoms with van der Waals surface area (Å²) in [6.07, 6.45) is 2.12. The number of thiophene rings is 1. The number of hydrogen-bond donors (Lipinski definition) is 2. The van der Waals surface area contributed by atoms with Crippen molar-refractivity contribution in [2.24, 2.45) is 0 Å². The molecule has 0 aliphatic heterocycles. The Balaban J connectivity index is 2.16. The molecule has 1 rings (SSSR count). The molecule has 0 bridgehead atoms. The van der Waals surface area contributed by atoms with E-state index in [2.05, 4.69) is 33.5 Å². The molecular weight excluding hydrogens is 276 g/mol. The minimum absolute atomic E-state index is 0.0898. The summed E-state index contributed by atoms with van der Waals surface area (Å²) in [5.74, 6) is 0. The Morgan fingerprint density at radius 3 is 2.93 bits per heavy atom. The zero-order valence-corrected chi connectivity index (χ0v) is 11.1. The van der Waals surface area contributed by atoms with Crippen molar-refractivity contribution in [3.8, 4) is 0 Å². The first-order chi connectivity index (χ1) is 7.22. The molecule has 0 unspecified atom stereocenters. The van der Waals surface area contributed by atoms with Gasteiger partial charge in [0.05, 0.1) is 6.54 Å². The van der Waals surface area contributed by atoms with Gasteiger partial charge in [-0.2, -0.15) is 0 Å². The highest BCUT2D eigenvalue weighted by molar-refractivity contribution is 9.10. The number of halogens is 1. The van der Waals surface area contributed by atoms with E-state index in [0.717, 1.165) is 28.7 Å². The molecular formula is C10H15BrN2OS. The van der Waals surface area contributed by atoms with Crippen LogP contribution in [-0.2, 0) is 6.54 Å². The van der Waals surface area contributed by atoms with E-state index >= 15 is 0 Å². The monoisotopic (exact) mass is 290 g/mol. The molecule has 0 aliphatic carbocycles. The number of carbonyl (C=O) groups excluding carboxylic acids is 1. The summed E-state index contributed by atoms with van der Waals surface area (Å²) in [5.41, 5.74) is 0. The molecule has 0 atom stereocenters. The van der Waals surface area contributed by atoms with E-state index in [4.69, 9.17) is 0 Å². The summed E-state index contributed by atoms with van der Waals surface area (Å²) in [6.45, 7) is 3.44. The molecule has 15 heavy (non-hydrogen) atoms. The number of carbonyl (C=O) groups is 1. The van der Waals surface area contributed by atoms with Gasteiger partial charge in [0.2, 0.25) is 0 Å². The Bertz CT molecular complexity index is 314. The SMILES string of the molecule is CCCCNC(=O)NCc1cc(Br)cs1. The zero-order chi connectivity index (χ0) is 11.1. The summed E-state index contributed by atoms with van der Waals surface area (Å²) in [4.78, 5) is 12.4. The average Bonchev–Trinajstić information content (AvgIpc) is 2.62. The third kappa shape index (κ3) is 5.18. The van der Waals surface area contributed by atoms with Crippen LogP contribution in [0.5, 0.6) is 0 Å². The first-order valence-corrected chi connectivity index (χ1v) is 6.64. The van der Waals surface area contributed by atoms with Crippen LogP contribution in [-0.4, -0.2) is 12.6 Å². The molecule has 0 saturated heterocycles. The quantitative estimate of drug-likeness (QED) is 0.804.